The molecule has 0 atom stereocenters. The Hall–Kier alpha value is -3.52. The first-order valence-corrected chi connectivity index (χ1v) is 8.68. The van der Waals surface area contributed by atoms with Gasteiger partial charge in [0, 0.05) is 16.0 Å². The van der Waals surface area contributed by atoms with Gasteiger partial charge in [-0.3, -0.25) is 9.59 Å². The van der Waals surface area contributed by atoms with Crippen LogP contribution >= 0.6 is 11.6 Å². The molecule has 0 aliphatic heterocycles. The predicted octanol–water partition coefficient (Wildman–Crippen LogP) is 2.91. The molecular formula is C19H13ClN4O4. The van der Waals surface area contributed by atoms with Crippen LogP contribution in [-0.4, -0.2) is 26.4 Å². The van der Waals surface area contributed by atoms with Gasteiger partial charge in [0.1, 0.15) is 0 Å². The Morgan fingerprint density at radius 2 is 1.82 bits per heavy atom. The van der Waals surface area contributed by atoms with E-state index in [1.54, 1.807) is 48.5 Å². The van der Waals surface area contributed by atoms with E-state index in [4.69, 9.17) is 20.8 Å². The summed E-state index contributed by atoms with van der Waals surface area (Å²) in [6.45, 7) is -0.166. The highest BCUT2D eigenvalue weighted by Crippen LogP contribution is 2.20. The number of nitrogens with zero attached hydrogens (tertiary/aromatic N) is 3. The van der Waals surface area contributed by atoms with Gasteiger partial charge >= 0.3 is 5.97 Å². The Morgan fingerprint density at radius 1 is 1.07 bits per heavy atom. The molecule has 0 unspecified atom stereocenters. The van der Waals surface area contributed by atoms with E-state index in [1.165, 1.54) is 0 Å². The number of aromatic amines is 1. The van der Waals surface area contributed by atoms with Gasteiger partial charge in [0.15, 0.2) is 6.61 Å². The van der Waals surface area contributed by atoms with Crippen molar-refractivity contribution in [1.82, 2.24) is 20.4 Å². The predicted molar refractivity (Wildman–Crippen MR) is 101 cm³/mol. The largest absolute Gasteiger partial charge is 0.455 e. The normalized spacial score (nSPS) is 10.9. The van der Waals surface area contributed by atoms with Gasteiger partial charge in [0.25, 0.3) is 11.4 Å². The van der Waals surface area contributed by atoms with Crippen LogP contribution in [0.5, 0.6) is 0 Å². The number of carbonyl (C=O) groups excluding carboxylic acids is 1. The number of nitrogens with one attached hydrogen (secondary N) is 1. The van der Waals surface area contributed by atoms with E-state index in [0.29, 0.717) is 32.9 Å². The molecule has 28 heavy (non-hydrogen) atoms. The third-order valence-electron chi connectivity index (χ3n) is 4.00. The number of esters is 1. The second kappa shape index (κ2) is 7.61. The van der Waals surface area contributed by atoms with Gasteiger partial charge in [-0.25, -0.2) is 5.10 Å². The molecule has 9 heteroatoms. The van der Waals surface area contributed by atoms with Crippen molar-refractivity contribution in [3.05, 3.63) is 75.5 Å². The maximum Gasteiger partial charge on any atom is 0.312 e. The van der Waals surface area contributed by atoms with Gasteiger partial charge in [0.2, 0.25) is 5.89 Å². The van der Waals surface area contributed by atoms with Crippen molar-refractivity contribution in [3.63, 3.8) is 0 Å². The second-order valence-corrected chi connectivity index (χ2v) is 6.33. The Labute approximate surface area is 163 Å². The maximum atomic E-state index is 12.2. The highest BCUT2D eigenvalue weighted by atomic mass is 35.5. The molecule has 0 saturated heterocycles. The molecule has 8 nitrogen and oxygen atoms in total. The van der Waals surface area contributed by atoms with Crippen molar-refractivity contribution < 1.29 is 13.9 Å². The number of carbonyl (C=O) groups is 1. The molecule has 140 valence electrons. The highest BCUT2D eigenvalue weighted by Gasteiger charge is 2.14. The summed E-state index contributed by atoms with van der Waals surface area (Å²) in [6, 6.07) is 13.8. The Kier molecular flexibility index (Phi) is 4.86. The molecule has 0 fully saturated rings. The topological polar surface area (TPSA) is 111 Å². The summed E-state index contributed by atoms with van der Waals surface area (Å²) in [4.78, 5) is 24.0. The van der Waals surface area contributed by atoms with Crippen LogP contribution in [0.3, 0.4) is 0 Å². The fraction of sp³-hybridized carbons (Fsp3) is 0.105. The SMILES string of the molecule is O=C(Cc1n[nH]c(=O)c2ccccc12)OCc1nnc(-c2ccc(Cl)cc2)o1. The first-order valence-electron chi connectivity index (χ1n) is 8.30. The first kappa shape index (κ1) is 17.9. The number of fused-ring (bicyclic) bond motifs is 1. The van der Waals surface area contributed by atoms with Crippen LogP contribution in [0.15, 0.2) is 57.7 Å². The van der Waals surface area contributed by atoms with Gasteiger partial charge in [0.05, 0.1) is 17.5 Å². The van der Waals surface area contributed by atoms with E-state index >= 15 is 0 Å². The third kappa shape index (κ3) is 3.77. The molecular weight excluding hydrogens is 384 g/mol. The molecule has 0 amide bonds. The number of benzene rings is 2. The van der Waals surface area contributed by atoms with Crippen molar-refractivity contribution in [3.8, 4) is 11.5 Å². The van der Waals surface area contributed by atoms with E-state index in [2.05, 4.69) is 20.4 Å². The minimum Gasteiger partial charge on any atom is -0.455 e. The van der Waals surface area contributed by atoms with E-state index < -0.39 is 5.97 Å². The van der Waals surface area contributed by atoms with Crippen molar-refractivity contribution in [2.75, 3.05) is 0 Å². The standard InChI is InChI=1S/C19H13ClN4O4/c20-12-7-5-11(6-8-12)19-24-22-16(28-19)10-27-17(25)9-15-13-3-1-2-4-14(13)18(26)23-21-15/h1-8H,9-10H2,(H,23,26). The van der Waals surface area contributed by atoms with Crippen molar-refractivity contribution >= 4 is 28.3 Å². The van der Waals surface area contributed by atoms with E-state index in [0.717, 1.165) is 0 Å². The van der Waals surface area contributed by atoms with Crippen molar-refractivity contribution in [2.45, 2.75) is 13.0 Å². The highest BCUT2D eigenvalue weighted by molar-refractivity contribution is 6.30. The Bertz CT molecular complexity index is 1200. The van der Waals surface area contributed by atoms with Crippen LogP contribution in [0.2, 0.25) is 5.02 Å². The quantitative estimate of drug-likeness (QED) is 0.516. The lowest BCUT2D eigenvalue weighted by atomic mass is 10.1. The van der Waals surface area contributed by atoms with E-state index in [9.17, 15) is 9.59 Å². The minimum atomic E-state index is -0.532. The van der Waals surface area contributed by atoms with Crippen LogP contribution in [0, 0.1) is 0 Å². The Balaban J connectivity index is 1.42. The van der Waals surface area contributed by atoms with Crippen molar-refractivity contribution in [2.24, 2.45) is 0 Å². The summed E-state index contributed by atoms with van der Waals surface area (Å²) >= 11 is 5.85. The molecule has 2 aromatic heterocycles. The molecule has 1 N–H and O–H groups in total. The summed E-state index contributed by atoms with van der Waals surface area (Å²) in [5.41, 5.74) is 0.819. The number of aromatic nitrogens is 4. The van der Waals surface area contributed by atoms with Crippen LogP contribution in [0.4, 0.5) is 0 Å². The fourth-order valence-corrected chi connectivity index (χ4v) is 2.78. The molecule has 0 saturated carbocycles. The van der Waals surface area contributed by atoms with Crippen LogP contribution < -0.4 is 5.56 Å². The van der Waals surface area contributed by atoms with E-state index in [-0.39, 0.29) is 24.5 Å². The number of halogens is 1. The minimum absolute atomic E-state index is 0.102. The number of hydrogen-bond acceptors (Lipinski definition) is 7. The molecule has 0 bridgehead atoms. The summed E-state index contributed by atoms with van der Waals surface area (Å²) < 4.78 is 10.7. The van der Waals surface area contributed by atoms with Crippen molar-refractivity contribution in [1.29, 1.82) is 0 Å². The van der Waals surface area contributed by atoms with Crippen LogP contribution in [-0.2, 0) is 22.6 Å². The summed E-state index contributed by atoms with van der Waals surface area (Å²) in [5.74, 6) is -0.0652. The fourth-order valence-electron chi connectivity index (χ4n) is 2.66. The van der Waals surface area contributed by atoms with Gasteiger partial charge in [-0.1, -0.05) is 29.8 Å². The van der Waals surface area contributed by atoms with Gasteiger partial charge in [-0.2, -0.15) is 5.10 Å². The number of rotatable bonds is 5. The summed E-state index contributed by atoms with van der Waals surface area (Å²) in [5, 5.41) is 15.8. The number of H-pyrrole nitrogens is 1. The van der Waals surface area contributed by atoms with Gasteiger partial charge in [-0.05, 0) is 30.3 Å². The molecule has 0 aliphatic rings. The molecule has 0 radical (unpaired) electrons. The van der Waals surface area contributed by atoms with Gasteiger partial charge < -0.3 is 9.15 Å². The van der Waals surface area contributed by atoms with Crippen LogP contribution in [0.1, 0.15) is 11.6 Å². The van der Waals surface area contributed by atoms with E-state index in [1.807, 2.05) is 0 Å². The molecule has 0 aliphatic carbocycles. The molecule has 4 aromatic rings. The first-order chi connectivity index (χ1) is 13.6. The monoisotopic (exact) mass is 396 g/mol. The lowest BCUT2D eigenvalue weighted by molar-refractivity contribution is -0.144. The number of ether oxygens (including phenoxy) is 1. The molecule has 2 aromatic carbocycles. The second-order valence-electron chi connectivity index (χ2n) is 5.89. The van der Waals surface area contributed by atoms with Crippen LogP contribution in [0.25, 0.3) is 22.2 Å². The zero-order chi connectivity index (χ0) is 19.5. The average molecular weight is 397 g/mol. The zero-order valence-corrected chi connectivity index (χ0v) is 15.1. The lowest BCUT2D eigenvalue weighted by Gasteiger charge is -2.04. The Morgan fingerprint density at radius 3 is 2.61 bits per heavy atom. The third-order valence-corrected chi connectivity index (χ3v) is 4.25. The zero-order valence-electron chi connectivity index (χ0n) is 14.4. The number of hydrogen-bond donors (Lipinski definition) is 1. The molecule has 4 rings (SSSR count). The smallest absolute Gasteiger partial charge is 0.312 e. The average Bonchev–Trinajstić information content (AvgIpc) is 3.18. The summed E-state index contributed by atoms with van der Waals surface area (Å²) in [7, 11) is 0. The summed E-state index contributed by atoms with van der Waals surface area (Å²) in [6.07, 6.45) is -0.102. The molecule has 2 heterocycles. The lowest BCUT2D eigenvalue weighted by Crippen LogP contribution is -2.15. The van der Waals surface area contributed by atoms with Gasteiger partial charge in [-0.15, -0.1) is 10.2 Å². The maximum absolute atomic E-state index is 12.2. The molecule has 0 spiro atoms.